The molecule has 0 unspecified atom stereocenters. The van der Waals surface area contributed by atoms with Crippen molar-refractivity contribution in [3.05, 3.63) is 93.1 Å². The zero-order chi connectivity index (χ0) is 24.5. The van der Waals surface area contributed by atoms with Gasteiger partial charge < -0.3 is 20.1 Å². The Balaban J connectivity index is 1.62. The summed E-state index contributed by atoms with van der Waals surface area (Å²) in [5.74, 6) is 1.58. The summed E-state index contributed by atoms with van der Waals surface area (Å²) in [6, 6.07) is 20.3. The van der Waals surface area contributed by atoms with Crippen molar-refractivity contribution in [1.82, 2.24) is 0 Å². The number of benzene rings is 3. The second-order valence-corrected chi connectivity index (χ2v) is 9.90. The van der Waals surface area contributed by atoms with Crippen LogP contribution in [0.2, 0.25) is 0 Å². The third kappa shape index (κ3) is 4.55. The van der Waals surface area contributed by atoms with Crippen LogP contribution < -0.4 is 20.1 Å². The standard InChI is InChI=1S/C29H29BrN2O3/c1-4-35-29-21(30)13-20(16-26(29)34-3)28-27-24(31-22-7-5-6-8-23(22)32-28)14-19(15-25(27)33)18-11-9-17(2)10-12-18/h5-13,16,19,28,31-32H,4,14-15H2,1-3H3/t19-,28-/m1/s1. The fourth-order valence-electron chi connectivity index (χ4n) is 5.01. The average Bonchev–Trinajstić information content (AvgIpc) is 3.02. The molecule has 5 nitrogen and oxygen atoms in total. The maximum absolute atomic E-state index is 13.8. The van der Waals surface area contributed by atoms with Gasteiger partial charge in [0, 0.05) is 17.7 Å². The van der Waals surface area contributed by atoms with Crippen molar-refractivity contribution in [1.29, 1.82) is 0 Å². The number of anilines is 2. The molecule has 3 aromatic carbocycles. The van der Waals surface area contributed by atoms with Crippen LogP contribution in [-0.4, -0.2) is 19.5 Å². The number of fused-ring (bicyclic) bond motifs is 1. The summed E-state index contributed by atoms with van der Waals surface area (Å²) in [7, 11) is 1.63. The number of ketones is 1. The van der Waals surface area contributed by atoms with E-state index in [4.69, 9.17) is 9.47 Å². The average molecular weight is 533 g/mol. The molecule has 6 heteroatoms. The van der Waals surface area contributed by atoms with Gasteiger partial charge in [-0.25, -0.2) is 0 Å². The Morgan fingerprint density at radius 3 is 2.46 bits per heavy atom. The number of para-hydroxylation sites is 2. The molecule has 5 rings (SSSR count). The van der Waals surface area contributed by atoms with E-state index in [1.807, 2.05) is 43.3 Å². The third-order valence-corrected chi connectivity index (χ3v) is 7.32. The van der Waals surface area contributed by atoms with Crippen molar-refractivity contribution < 1.29 is 14.3 Å². The Labute approximate surface area is 214 Å². The number of halogens is 1. The molecular weight excluding hydrogens is 504 g/mol. The van der Waals surface area contributed by atoms with Gasteiger partial charge in [-0.15, -0.1) is 0 Å². The Hall–Kier alpha value is -3.25. The lowest BCUT2D eigenvalue weighted by atomic mass is 9.78. The van der Waals surface area contributed by atoms with E-state index in [1.54, 1.807) is 7.11 Å². The van der Waals surface area contributed by atoms with E-state index in [-0.39, 0.29) is 17.7 Å². The summed E-state index contributed by atoms with van der Waals surface area (Å²) >= 11 is 3.66. The molecule has 3 aromatic rings. The molecule has 2 N–H and O–H groups in total. The summed E-state index contributed by atoms with van der Waals surface area (Å²) in [4.78, 5) is 13.8. The van der Waals surface area contributed by atoms with Gasteiger partial charge in [-0.05, 0) is 77.5 Å². The number of hydrogen-bond donors (Lipinski definition) is 2. The van der Waals surface area contributed by atoms with Crippen molar-refractivity contribution in [3.63, 3.8) is 0 Å². The Bertz CT molecular complexity index is 1300. The number of allylic oxidation sites excluding steroid dienone is 1. The molecule has 0 bridgehead atoms. The summed E-state index contributed by atoms with van der Waals surface area (Å²) < 4.78 is 12.3. The van der Waals surface area contributed by atoms with Crippen LogP contribution in [-0.2, 0) is 4.79 Å². The highest BCUT2D eigenvalue weighted by molar-refractivity contribution is 9.10. The van der Waals surface area contributed by atoms with Crippen LogP contribution in [0.3, 0.4) is 0 Å². The number of nitrogens with one attached hydrogen (secondary N) is 2. The number of carbonyl (C=O) groups excluding carboxylic acids is 1. The second kappa shape index (κ2) is 9.78. The molecule has 0 saturated carbocycles. The largest absolute Gasteiger partial charge is 0.493 e. The molecule has 1 aliphatic carbocycles. The first kappa shape index (κ1) is 23.5. The van der Waals surface area contributed by atoms with Crippen LogP contribution in [0.1, 0.15) is 48.4 Å². The first-order valence-electron chi connectivity index (χ1n) is 11.9. The fraction of sp³-hybridized carbons (Fsp3) is 0.276. The Morgan fingerprint density at radius 1 is 1.00 bits per heavy atom. The summed E-state index contributed by atoms with van der Waals surface area (Å²) in [5, 5.41) is 7.25. The first-order valence-corrected chi connectivity index (χ1v) is 12.7. The van der Waals surface area contributed by atoms with E-state index in [1.165, 1.54) is 11.1 Å². The molecule has 0 fully saturated rings. The van der Waals surface area contributed by atoms with Gasteiger partial charge in [-0.1, -0.05) is 42.0 Å². The van der Waals surface area contributed by atoms with Crippen molar-refractivity contribution >= 4 is 33.1 Å². The molecule has 180 valence electrons. The van der Waals surface area contributed by atoms with Crippen LogP contribution in [0.4, 0.5) is 11.4 Å². The maximum Gasteiger partial charge on any atom is 0.175 e. The monoisotopic (exact) mass is 532 g/mol. The number of ether oxygens (including phenoxy) is 2. The predicted molar refractivity (Wildman–Crippen MR) is 143 cm³/mol. The number of Topliss-reactive ketones (excluding diaryl/α,β-unsaturated/α-hetero) is 1. The zero-order valence-electron chi connectivity index (χ0n) is 20.2. The number of hydrogen-bond acceptors (Lipinski definition) is 5. The molecule has 0 aromatic heterocycles. The first-order chi connectivity index (χ1) is 17.0. The van der Waals surface area contributed by atoms with Gasteiger partial charge in [0.25, 0.3) is 0 Å². The van der Waals surface area contributed by atoms with E-state index in [0.717, 1.165) is 39.1 Å². The second-order valence-electron chi connectivity index (χ2n) is 9.05. The van der Waals surface area contributed by atoms with E-state index < -0.39 is 0 Å². The van der Waals surface area contributed by atoms with E-state index in [2.05, 4.69) is 57.8 Å². The minimum Gasteiger partial charge on any atom is -0.493 e. The molecule has 0 spiro atoms. The fourth-order valence-corrected chi connectivity index (χ4v) is 5.58. The highest BCUT2D eigenvalue weighted by Gasteiger charge is 2.36. The molecule has 2 atom stereocenters. The van der Waals surface area contributed by atoms with Crippen molar-refractivity contribution in [2.45, 2.75) is 38.6 Å². The van der Waals surface area contributed by atoms with Crippen molar-refractivity contribution in [2.24, 2.45) is 0 Å². The van der Waals surface area contributed by atoms with Gasteiger partial charge in [0.1, 0.15) is 0 Å². The van der Waals surface area contributed by atoms with Crippen LogP contribution in [0.15, 0.2) is 76.4 Å². The number of aryl methyl sites for hydroxylation is 1. The lowest BCUT2D eigenvalue weighted by Crippen LogP contribution is -2.27. The van der Waals surface area contributed by atoms with Gasteiger partial charge in [0.15, 0.2) is 17.3 Å². The smallest absolute Gasteiger partial charge is 0.175 e. The van der Waals surface area contributed by atoms with Gasteiger partial charge >= 0.3 is 0 Å². The number of rotatable bonds is 5. The molecule has 2 aliphatic rings. The highest BCUT2D eigenvalue weighted by Crippen LogP contribution is 2.46. The van der Waals surface area contributed by atoms with Crippen molar-refractivity contribution in [3.8, 4) is 11.5 Å². The normalized spacial score (nSPS) is 19.1. The zero-order valence-corrected chi connectivity index (χ0v) is 21.7. The summed E-state index contributed by atoms with van der Waals surface area (Å²) in [5.41, 5.74) is 7.03. The topological polar surface area (TPSA) is 59.6 Å². The highest BCUT2D eigenvalue weighted by atomic mass is 79.9. The lowest BCUT2D eigenvalue weighted by Gasteiger charge is -2.30. The third-order valence-electron chi connectivity index (χ3n) is 6.73. The molecule has 1 aliphatic heterocycles. The summed E-state index contributed by atoms with van der Waals surface area (Å²) in [6.07, 6.45) is 1.25. The van der Waals surface area contributed by atoms with E-state index in [0.29, 0.717) is 24.5 Å². The molecule has 0 radical (unpaired) electrons. The van der Waals surface area contributed by atoms with E-state index in [9.17, 15) is 4.79 Å². The van der Waals surface area contributed by atoms with Gasteiger partial charge in [-0.2, -0.15) is 0 Å². The quantitative estimate of drug-likeness (QED) is 0.365. The van der Waals surface area contributed by atoms with Crippen LogP contribution in [0, 0.1) is 6.92 Å². The van der Waals surface area contributed by atoms with Gasteiger partial charge in [-0.3, -0.25) is 4.79 Å². The van der Waals surface area contributed by atoms with E-state index >= 15 is 0 Å². The Morgan fingerprint density at radius 2 is 1.74 bits per heavy atom. The SMILES string of the molecule is CCOc1c(Br)cc([C@H]2Nc3ccccc3NC3=C2C(=O)C[C@H](c2ccc(C)cc2)C3)cc1OC. The lowest BCUT2D eigenvalue weighted by molar-refractivity contribution is -0.116. The van der Waals surface area contributed by atoms with Crippen molar-refractivity contribution in [2.75, 3.05) is 24.4 Å². The van der Waals surface area contributed by atoms with Gasteiger partial charge in [0.2, 0.25) is 0 Å². The van der Waals surface area contributed by atoms with Crippen LogP contribution in [0.25, 0.3) is 0 Å². The number of methoxy groups -OCH3 is 1. The Kier molecular flexibility index (Phi) is 6.56. The molecular formula is C29H29BrN2O3. The molecule has 0 amide bonds. The molecule has 0 saturated heterocycles. The van der Waals surface area contributed by atoms with Gasteiger partial charge in [0.05, 0.1) is 35.6 Å². The number of carbonyl (C=O) groups is 1. The summed E-state index contributed by atoms with van der Waals surface area (Å²) in [6.45, 7) is 4.55. The minimum atomic E-state index is -0.325. The minimum absolute atomic E-state index is 0.141. The maximum atomic E-state index is 13.8. The van der Waals surface area contributed by atoms with Crippen LogP contribution in [0.5, 0.6) is 11.5 Å². The predicted octanol–water partition coefficient (Wildman–Crippen LogP) is 7.14. The molecule has 35 heavy (non-hydrogen) atoms. The molecule has 1 heterocycles. The van der Waals surface area contributed by atoms with Crippen LogP contribution >= 0.6 is 15.9 Å².